The van der Waals surface area contributed by atoms with E-state index < -0.39 is 0 Å². The first-order valence-corrected chi connectivity index (χ1v) is 8.23. The van der Waals surface area contributed by atoms with Gasteiger partial charge in [0.05, 0.1) is 0 Å². The average Bonchev–Trinajstić information content (AvgIpc) is 2.57. The summed E-state index contributed by atoms with van der Waals surface area (Å²) in [5, 5.41) is 3.04. The molecule has 0 aliphatic heterocycles. The molecule has 0 saturated heterocycles. The quantitative estimate of drug-likeness (QED) is 0.499. The van der Waals surface area contributed by atoms with Crippen molar-refractivity contribution in [1.82, 2.24) is 5.32 Å². The van der Waals surface area contributed by atoms with Crippen molar-refractivity contribution in [3.63, 3.8) is 0 Å². The summed E-state index contributed by atoms with van der Waals surface area (Å²) in [6, 6.07) is 10.3. The maximum Gasteiger partial charge on any atom is 0.0406 e. The van der Waals surface area contributed by atoms with Crippen molar-refractivity contribution >= 4 is 34.3 Å². The van der Waals surface area contributed by atoms with Crippen LogP contribution in [-0.2, 0) is 0 Å². The van der Waals surface area contributed by atoms with Crippen LogP contribution in [0, 0.1) is 0 Å². The van der Waals surface area contributed by atoms with Crippen LogP contribution in [0.25, 0.3) is 5.57 Å². The first-order valence-electron chi connectivity index (χ1n) is 6.87. The van der Waals surface area contributed by atoms with Crippen molar-refractivity contribution in [3.05, 3.63) is 89.5 Å². The van der Waals surface area contributed by atoms with Gasteiger partial charge in [0.15, 0.2) is 0 Å². The zero-order valence-electron chi connectivity index (χ0n) is 13.0. The van der Waals surface area contributed by atoms with E-state index in [9.17, 15) is 0 Å². The Labute approximate surface area is 143 Å². The molecule has 0 radical (unpaired) electrons. The van der Waals surface area contributed by atoms with Gasteiger partial charge in [0.1, 0.15) is 0 Å². The molecule has 0 bridgehead atoms. The van der Waals surface area contributed by atoms with E-state index >= 15 is 0 Å². The molecule has 1 aromatic carbocycles. The van der Waals surface area contributed by atoms with Gasteiger partial charge < -0.3 is 5.32 Å². The molecule has 1 aromatic rings. The molecular weight excluding hydrogens is 306 g/mol. The number of likely N-dealkylation sites (N-methyl/N-ethyl adjacent to an activating group) is 1. The highest BCUT2D eigenvalue weighted by Gasteiger charge is 2.01. The standard InChI is InChI=1S/C19H21NS2/c1-5-17(13-19(22-14-21)16(3)20-4)12-11-15(2)18-9-7-6-8-10-18/h5-14,20H,1,3H2,2,4H3/b15-11+,17-12+,19-13+. The van der Waals surface area contributed by atoms with Crippen LogP contribution >= 0.6 is 24.0 Å². The number of benzene rings is 1. The zero-order chi connectivity index (χ0) is 16.4. The van der Waals surface area contributed by atoms with Gasteiger partial charge in [0.25, 0.3) is 0 Å². The van der Waals surface area contributed by atoms with Crippen LogP contribution in [0.5, 0.6) is 0 Å². The predicted molar refractivity (Wildman–Crippen MR) is 106 cm³/mol. The van der Waals surface area contributed by atoms with Crippen LogP contribution in [0.3, 0.4) is 0 Å². The van der Waals surface area contributed by atoms with E-state index in [-0.39, 0.29) is 0 Å². The Morgan fingerprint density at radius 2 is 1.91 bits per heavy atom. The molecule has 0 aliphatic carbocycles. The largest absolute Gasteiger partial charge is 0.388 e. The highest BCUT2D eigenvalue weighted by molar-refractivity contribution is 8.23. The summed E-state index contributed by atoms with van der Waals surface area (Å²) in [4.78, 5) is 0.981. The molecule has 0 aromatic heterocycles. The Balaban J connectivity index is 3.06. The first kappa shape index (κ1) is 18.2. The minimum atomic E-state index is 0.836. The summed E-state index contributed by atoms with van der Waals surface area (Å²) < 4.78 is 1.63. The lowest BCUT2D eigenvalue weighted by atomic mass is 10.1. The molecule has 0 fully saturated rings. The first-order chi connectivity index (χ1) is 10.6. The van der Waals surface area contributed by atoms with E-state index in [0.717, 1.165) is 16.2 Å². The molecule has 0 amide bonds. The number of rotatable bonds is 8. The minimum absolute atomic E-state index is 0.836. The smallest absolute Gasteiger partial charge is 0.0406 e. The fourth-order valence-electron chi connectivity index (χ4n) is 1.71. The molecule has 0 atom stereocenters. The summed E-state index contributed by atoms with van der Waals surface area (Å²) in [7, 11) is 1.84. The van der Waals surface area contributed by atoms with Crippen LogP contribution in [-0.4, -0.2) is 11.7 Å². The van der Waals surface area contributed by atoms with Crippen LogP contribution in [0.4, 0.5) is 0 Å². The lowest BCUT2D eigenvalue weighted by Crippen LogP contribution is -2.05. The molecule has 0 unspecified atom stereocenters. The van der Waals surface area contributed by atoms with Gasteiger partial charge in [-0.2, -0.15) is 0 Å². The third kappa shape index (κ3) is 5.88. The van der Waals surface area contributed by atoms with E-state index in [1.165, 1.54) is 22.9 Å². The van der Waals surface area contributed by atoms with E-state index in [1.54, 1.807) is 4.70 Å². The van der Waals surface area contributed by atoms with E-state index in [0.29, 0.717) is 0 Å². The second kappa shape index (κ2) is 9.98. The van der Waals surface area contributed by atoms with Crippen molar-refractivity contribution in [2.75, 3.05) is 7.05 Å². The maximum absolute atomic E-state index is 4.93. The molecule has 0 aliphatic rings. The van der Waals surface area contributed by atoms with Crippen LogP contribution in [0.2, 0.25) is 0 Å². The third-order valence-corrected chi connectivity index (χ3v) is 4.07. The van der Waals surface area contributed by atoms with Crippen molar-refractivity contribution < 1.29 is 0 Å². The number of allylic oxidation sites excluding steroid dienone is 6. The Kier molecular flexibility index (Phi) is 8.26. The van der Waals surface area contributed by atoms with Crippen LogP contribution < -0.4 is 5.32 Å². The topological polar surface area (TPSA) is 12.0 Å². The molecule has 114 valence electrons. The Hall–Kier alpha value is -1.84. The summed E-state index contributed by atoms with van der Waals surface area (Å²) in [6.45, 7) is 9.94. The molecule has 0 spiro atoms. The number of thiocarbonyl (C=S) groups is 1. The average molecular weight is 328 g/mol. The van der Waals surface area contributed by atoms with Gasteiger partial charge in [0, 0.05) is 22.3 Å². The number of thioether (sulfide) groups is 1. The van der Waals surface area contributed by atoms with Gasteiger partial charge in [-0.15, -0.1) is 0 Å². The van der Waals surface area contributed by atoms with Gasteiger partial charge in [-0.25, -0.2) is 0 Å². The lowest BCUT2D eigenvalue weighted by molar-refractivity contribution is 1.03. The van der Waals surface area contributed by atoms with E-state index in [1.807, 2.05) is 43.5 Å². The molecule has 1 rings (SSSR count). The molecule has 0 saturated carbocycles. The molecule has 22 heavy (non-hydrogen) atoms. The van der Waals surface area contributed by atoms with Gasteiger partial charge in [-0.1, -0.05) is 85.7 Å². The molecule has 3 heteroatoms. The molecule has 0 heterocycles. The zero-order valence-corrected chi connectivity index (χ0v) is 14.6. The van der Waals surface area contributed by atoms with Crippen LogP contribution in [0.15, 0.2) is 84.0 Å². The molecule has 1 nitrogen and oxygen atoms in total. The maximum atomic E-state index is 4.93. The van der Waals surface area contributed by atoms with Crippen LogP contribution in [0.1, 0.15) is 12.5 Å². The summed E-state index contributed by atoms with van der Waals surface area (Å²) in [5.41, 5.74) is 4.25. The van der Waals surface area contributed by atoms with Gasteiger partial charge in [-0.05, 0) is 29.7 Å². The summed E-state index contributed by atoms with van der Waals surface area (Å²) >= 11 is 6.39. The fourth-order valence-corrected chi connectivity index (χ4v) is 2.58. The highest BCUT2D eigenvalue weighted by atomic mass is 32.2. The van der Waals surface area contributed by atoms with E-state index in [4.69, 9.17) is 12.2 Å². The fraction of sp³-hybridized carbons (Fsp3) is 0.105. The normalized spacial score (nSPS) is 12.7. The lowest BCUT2D eigenvalue weighted by Gasteiger charge is -2.07. The van der Waals surface area contributed by atoms with Gasteiger partial charge in [0.2, 0.25) is 0 Å². The van der Waals surface area contributed by atoms with Crippen molar-refractivity contribution in [1.29, 1.82) is 0 Å². The molecular formula is C19H21NS2. The predicted octanol–water partition coefficient (Wildman–Crippen LogP) is 5.51. The molecule has 1 N–H and O–H groups in total. The number of nitrogens with one attached hydrogen (secondary N) is 1. The van der Waals surface area contributed by atoms with E-state index in [2.05, 4.69) is 43.6 Å². The van der Waals surface area contributed by atoms with Gasteiger partial charge in [-0.3, -0.25) is 0 Å². The van der Waals surface area contributed by atoms with Crippen molar-refractivity contribution in [2.45, 2.75) is 6.92 Å². The second-order valence-electron chi connectivity index (χ2n) is 4.54. The number of hydrogen-bond acceptors (Lipinski definition) is 3. The van der Waals surface area contributed by atoms with Crippen molar-refractivity contribution in [2.24, 2.45) is 0 Å². The summed E-state index contributed by atoms with van der Waals surface area (Å²) in [5.74, 6) is 0. The minimum Gasteiger partial charge on any atom is -0.388 e. The SMILES string of the molecule is C=CC(=C\C=C(/C)c1ccccc1)/C=C(/SC=S)C(=C)NC. The Morgan fingerprint density at radius 1 is 1.23 bits per heavy atom. The monoisotopic (exact) mass is 327 g/mol. The summed E-state index contributed by atoms with van der Waals surface area (Å²) in [6.07, 6.45) is 7.97. The third-order valence-electron chi connectivity index (χ3n) is 3.06. The van der Waals surface area contributed by atoms with Crippen molar-refractivity contribution in [3.8, 4) is 0 Å². The Bertz CT molecular complexity index is 622. The highest BCUT2D eigenvalue weighted by Crippen LogP contribution is 2.22. The van der Waals surface area contributed by atoms with Gasteiger partial charge >= 0.3 is 0 Å². The second-order valence-corrected chi connectivity index (χ2v) is 5.98. The number of hydrogen-bond donors (Lipinski definition) is 1. The Morgan fingerprint density at radius 3 is 2.45 bits per heavy atom.